The number of hydrogen-bond acceptors (Lipinski definition) is 7. The van der Waals surface area contributed by atoms with Gasteiger partial charge in [0.05, 0.1) is 11.7 Å². The maximum atomic E-state index is 11.9. The molecule has 3 aromatic heterocycles. The molecule has 0 aliphatic carbocycles. The number of likely N-dealkylation sites (tertiary alicyclic amines) is 1. The Kier molecular flexibility index (Phi) is 3.99. The number of hydrogen-bond donors (Lipinski definition) is 2. The zero-order valence-corrected chi connectivity index (χ0v) is 14.1. The molecule has 0 radical (unpaired) electrons. The number of thiazole rings is 1. The summed E-state index contributed by atoms with van der Waals surface area (Å²) in [7, 11) is 2.15. The van der Waals surface area contributed by atoms with Crippen LogP contribution in [0.15, 0.2) is 28.8 Å². The number of aromatic amines is 1. The van der Waals surface area contributed by atoms with Crippen molar-refractivity contribution >= 4 is 27.4 Å². The van der Waals surface area contributed by atoms with Crippen molar-refractivity contribution in [2.24, 2.45) is 0 Å². The number of nitrogens with zero attached hydrogens (tertiary/aromatic N) is 4. The van der Waals surface area contributed by atoms with Crippen LogP contribution in [0.2, 0.25) is 0 Å². The Hall–Kier alpha value is -2.32. The molecule has 1 saturated heterocycles. The Morgan fingerprint density at radius 1 is 1.33 bits per heavy atom. The average molecular weight is 342 g/mol. The number of piperidine rings is 1. The van der Waals surface area contributed by atoms with Crippen molar-refractivity contribution in [3.05, 3.63) is 34.3 Å². The number of aromatic nitrogens is 4. The van der Waals surface area contributed by atoms with E-state index < -0.39 is 0 Å². The van der Waals surface area contributed by atoms with E-state index in [1.54, 1.807) is 23.6 Å². The van der Waals surface area contributed by atoms with Gasteiger partial charge in [-0.15, -0.1) is 11.3 Å². The van der Waals surface area contributed by atoms with Gasteiger partial charge >= 0.3 is 0 Å². The highest BCUT2D eigenvalue weighted by Crippen LogP contribution is 2.28. The second-order valence-electron chi connectivity index (χ2n) is 6.05. The third kappa shape index (κ3) is 2.90. The van der Waals surface area contributed by atoms with E-state index in [1.165, 1.54) is 6.33 Å². The number of rotatable bonds is 3. The SMILES string of the molecule is CN1CCC(Nc2nc(-c3nccc4c(=O)[nH]cnc34)cs2)CC1. The van der Waals surface area contributed by atoms with Crippen molar-refractivity contribution in [1.29, 1.82) is 0 Å². The number of pyridine rings is 1. The van der Waals surface area contributed by atoms with Crippen molar-refractivity contribution in [3.8, 4) is 11.4 Å². The minimum atomic E-state index is -0.163. The van der Waals surface area contributed by atoms with Crippen LogP contribution in [0.4, 0.5) is 5.13 Å². The van der Waals surface area contributed by atoms with E-state index in [9.17, 15) is 4.79 Å². The summed E-state index contributed by atoms with van der Waals surface area (Å²) in [5, 5.41) is 6.90. The Morgan fingerprint density at radius 2 is 2.17 bits per heavy atom. The average Bonchev–Trinajstić information content (AvgIpc) is 3.05. The molecule has 0 aromatic carbocycles. The molecule has 3 aromatic rings. The predicted octanol–water partition coefficient (Wildman–Crippen LogP) is 1.95. The number of anilines is 1. The fraction of sp³-hybridized carbons (Fsp3) is 0.375. The highest BCUT2D eigenvalue weighted by atomic mass is 32.1. The molecule has 1 aliphatic heterocycles. The summed E-state index contributed by atoms with van der Waals surface area (Å²) < 4.78 is 0. The maximum Gasteiger partial charge on any atom is 0.258 e. The lowest BCUT2D eigenvalue weighted by atomic mass is 10.1. The highest BCUT2D eigenvalue weighted by molar-refractivity contribution is 7.14. The smallest absolute Gasteiger partial charge is 0.258 e. The van der Waals surface area contributed by atoms with Crippen LogP contribution >= 0.6 is 11.3 Å². The van der Waals surface area contributed by atoms with Gasteiger partial charge in [-0.1, -0.05) is 0 Å². The lowest BCUT2D eigenvalue weighted by Crippen LogP contribution is -2.36. The van der Waals surface area contributed by atoms with Crippen LogP contribution in [0, 0.1) is 0 Å². The van der Waals surface area contributed by atoms with E-state index in [0.717, 1.165) is 36.8 Å². The van der Waals surface area contributed by atoms with Gasteiger partial charge in [0.15, 0.2) is 5.13 Å². The summed E-state index contributed by atoms with van der Waals surface area (Å²) in [4.78, 5) is 30.1. The van der Waals surface area contributed by atoms with E-state index >= 15 is 0 Å². The summed E-state index contributed by atoms with van der Waals surface area (Å²) in [6.45, 7) is 2.21. The van der Waals surface area contributed by atoms with Crippen molar-refractivity contribution in [1.82, 2.24) is 24.8 Å². The van der Waals surface area contributed by atoms with Crippen LogP contribution in [0.3, 0.4) is 0 Å². The molecular weight excluding hydrogens is 324 g/mol. The second kappa shape index (κ2) is 6.29. The van der Waals surface area contributed by atoms with E-state index in [1.807, 2.05) is 5.38 Å². The zero-order chi connectivity index (χ0) is 16.5. The van der Waals surface area contributed by atoms with Crippen LogP contribution < -0.4 is 10.9 Å². The van der Waals surface area contributed by atoms with Gasteiger partial charge in [0.2, 0.25) is 0 Å². The molecule has 1 aliphatic rings. The molecule has 0 unspecified atom stereocenters. The normalized spacial score (nSPS) is 16.5. The fourth-order valence-corrected chi connectivity index (χ4v) is 3.74. The molecule has 4 rings (SSSR count). The van der Waals surface area contributed by atoms with E-state index in [0.29, 0.717) is 22.6 Å². The third-order valence-electron chi connectivity index (χ3n) is 4.35. The maximum absolute atomic E-state index is 11.9. The van der Waals surface area contributed by atoms with Crippen molar-refractivity contribution in [2.45, 2.75) is 18.9 Å². The summed E-state index contributed by atoms with van der Waals surface area (Å²) >= 11 is 1.56. The van der Waals surface area contributed by atoms with Crippen LogP contribution in [-0.2, 0) is 0 Å². The molecule has 0 atom stereocenters. The minimum absolute atomic E-state index is 0.163. The van der Waals surface area contributed by atoms with Crippen LogP contribution in [0.25, 0.3) is 22.3 Å². The molecular formula is C16H18N6OS. The topological polar surface area (TPSA) is 86.8 Å². The first-order chi connectivity index (χ1) is 11.7. The van der Waals surface area contributed by atoms with Crippen LogP contribution in [0.5, 0.6) is 0 Å². The van der Waals surface area contributed by atoms with Crippen molar-refractivity contribution in [3.63, 3.8) is 0 Å². The summed E-state index contributed by atoms with van der Waals surface area (Å²) in [5.41, 5.74) is 1.81. The second-order valence-corrected chi connectivity index (χ2v) is 6.91. The monoisotopic (exact) mass is 342 g/mol. The number of H-pyrrole nitrogens is 1. The van der Waals surface area contributed by atoms with Gasteiger partial charge in [0.1, 0.15) is 16.9 Å². The Balaban J connectivity index is 1.61. The summed E-state index contributed by atoms with van der Waals surface area (Å²) in [6.07, 6.45) is 5.27. The van der Waals surface area contributed by atoms with Gasteiger partial charge < -0.3 is 15.2 Å². The van der Waals surface area contributed by atoms with E-state index in [4.69, 9.17) is 0 Å². The Bertz CT molecular complexity index is 912. The number of fused-ring (bicyclic) bond motifs is 1. The molecule has 0 saturated carbocycles. The van der Waals surface area contributed by atoms with Crippen molar-refractivity contribution < 1.29 is 0 Å². The van der Waals surface area contributed by atoms with Gasteiger partial charge in [-0.3, -0.25) is 9.78 Å². The summed E-state index contributed by atoms with van der Waals surface area (Å²) in [6, 6.07) is 2.14. The molecule has 1 fully saturated rings. The quantitative estimate of drug-likeness (QED) is 0.756. The van der Waals surface area contributed by atoms with Crippen LogP contribution in [0.1, 0.15) is 12.8 Å². The number of nitrogens with one attached hydrogen (secondary N) is 2. The molecule has 8 heteroatoms. The lowest BCUT2D eigenvalue weighted by molar-refractivity contribution is 0.264. The van der Waals surface area contributed by atoms with Gasteiger partial charge in [-0.2, -0.15) is 0 Å². The first-order valence-electron chi connectivity index (χ1n) is 7.94. The van der Waals surface area contributed by atoms with Gasteiger partial charge in [-0.05, 0) is 39.0 Å². The fourth-order valence-electron chi connectivity index (χ4n) is 2.96. The Labute approximate surface area is 142 Å². The largest absolute Gasteiger partial charge is 0.359 e. The third-order valence-corrected chi connectivity index (χ3v) is 5.12. The van der Waals surface area contributed by atoms with Gasteiger partial charge in [0.25, 0.3) is 5.56 Å². The first kappa shape index (κ1) is 15.2. The molecule has 24 heavy (non-hydrogen) atoms. The van der Waals surface area contributed by atoms with Gasteiger partial charge in [0, 0.05) is 17.6 Å². The molecule has 0 amide bonds. The molecule has 0 bridgehead atoms. The van der Waals surface area contributed by atoms with E-state index in [2.05, 4.69) is 37.2 Å². The van der Waals surface area contributed by atoms with Crippen LogP contribution in [-0.4, -0.2) is 51.0 Å². The van der Waals surface area contributed by atoms with Gasteiger partial charge in [-0.25, -0.2) is 9.97 Å². The molecule has 7 nitrogen and oxygen atoms in total. The predicted molar refractivity (Wildman–Crippen MR) is 95.4 cm³/mol. The van der Waals surface area contributed by atoms with E-state index in [-0.39, 0.29) is 5.56 Å². The standard InChI is InChI=1S/C16H18N6OS/c1-22-6-3-10(4-7-22)20-16-21-12(8-24-16)14-13-11(2-5-17-14)15(23)19-9-18-13/h2,5,8-10H,3-4,6-7H2,1H3,(H,20,21)(H,18,19,23). The molecule has 0 spiro atoms. The molecule has 124 valence electrons. The summed E-state index contributed by atoms with van der Waals surface area (Å²) in [5.74, 6) is 0. The zero-order valence-electron chi connectivity index (χ0n) is 13.3. The lowest BCUT2D eigenvalue weighted by Gasteiger charge is -2.29. The first-order valence-corrected chi connectivity index (χ1v) is 8.82. The molecule has 4 heterocycles. The molecule has 2 N–H and O–H groups in total. The highest BCUT2D eigenvalue weighted by Gasteiger charge is 2.18. The Morgan fingerprint density at radius 3 is 3.00 bits per heavy atom. The van der Waals surface area contributed by atoms with Crippen molar-refractivity contribution in [2.75, 3.05) is 25.5 Å². The minimum Gasteiger partial charge on any atom is -0.359 e.